The Morgan fingerprint density at radius 1 is 1.18 bits per heavy atom. The van der Waals surface area contributed by atoms with Crippen LogP contribution in [0.3, 0.4) is 0 Å². The molecule has 3 heteroatoms. The number of hydrogen-bond donors (Lipinski definition) is 1. The number of anilines is 1. The summed E-state index contributed by atoms with van der Waals surface area (Å²) in [6.45, 7) is 9.27. The van der Waals surface area contributed by atoms with Gasteiger partial charge < -0.3 is 5.32 Å². The molecule has 1 saturated carbocycles. The summed E-state index contributed by atoms with van der Waals surface area (Å²) in [5, 5.41) is 3.65. The summed E-state index contributed by atoms with van der Waals surface area (Å²) in [5.41, 5.74) is 1.68. The highest BCUT2D eigenvalue weighted by atomic mass is 15.2. The molecule has 0 aromatic carbocycles. The standard InChI is InChI=1S/C14H19N3/c1-13(2)12(14(13,3)4)16-11-7-5-6-10-15-8-9-17(10)11/h5-9,12,16H,1-4H3. The van der Waals surface area contributed by atoms with Crippen molar-refractivity contribution in [1.82, 2.24) is 9.38 Å². The van der Waals surface area contributed by atoms with Crippen molar-refractivity contribution >= 4 is 11.5 Å². The number of nitrogens with one attached hydrogen (secondary N) is 1. The molecule has 0 bridgehead atoms. The molecular formula is C14H19N3. The first-order valence-corrected chi connectivity index (χ1v) is 6.13. The van der Waals surface area contributed by atoms with Crippen LogP contribution in [0.25, 0.3) is 5.65 Å². The number of nitrogens with zero attached hydrogens (tertiary/aromatic N) is 2. The number of pyridine rings is 1. The van der Waals surface area contributed by atoms with Crippen molar-refractivity contribution in [2.75, 3.05) is 5.32 Å². The maximum atomic E-state index is 4.30. The Kier molecular flexibility index (Phi) is 1.90. The Hall–Kier alpha value is -1.51. The van der Waals surface area contributed by atoms with Gasteiger partial charge in [0.2, 0.25) is 0 Å². The smallest absolute Gasteiger partial charge is 0.138 e. The van der Waals surface area contributed by atoms with Crippen LogP contribution in [0.2, 0.25) is 0 Å². The Morgan fingerprint density at radius 2 is 1.88 bits per heavy atom. The molecule has 0 amide bonds. The Balaban J connectivity index is 1.95. The summed E-state index contributed by atoms with van der Waals surface area (Å²) in [4.78, 5) is 4.30. The zero-order chi connectivity index (χ0) is 12.3. The zero-order valence-electron chi connectivity index (χ0n) is 10.9. The molecule has 0 unspecified atom stereocenters. The third kappa shape index (κ3) is 1.31. The van der Waals surface area contributed by atoms with Gasteiger partial charge in [-0.3, -0.25) is 4.40 Å². The molecule has 90 valence electrons. The normalized spacial score (nSPS) is 21.6. The molecule has 1 aliphatic carbocycles. The summed E-state index contributed by atoms with van der Waals surface area (Å²) in [7, 11) is 0. The van der Waals surface area contributed by atoms with E-state index in [9.17, 15) is 0 Å². The van der Waals surface area contributed by atoms with Crippen molar-refractivity contribution in [2.45, 2.75) is 33.7 Å². The van der Waals surface area contributed by atoms with E-state index in [0.29, 0.717) is 16.9 Å². The van der Waals surface area contributed by atoms with E-state index >= 15 is 0 Å². The van der Waals surface area contributed by atoms with Crippen LogP contribution in [0.15, 0.2) is 30.6 Å². The molecule has 1 fully saturated rings. The van der Waals surface area contributed by atoms with Crippen LogP contribution < -0.4 is 5.32 Å². The number of hydrogen-bond acceptors (Lipinski definition) is 2. The lowest BCUT2D eigenvalue weighted by Gasteiger charge is -2.10. The van der Waals surface area contributed by atoms with Gasteiger partial charge in [-0.05, 0) is 23.0 Å². The molecule has 3 nitrogen and oxygen atoms in total. The van der Waals surface area contributed by atoms with Gasteiger partial charge in [0.05, 0.1) is 0 Å². The van der Waals surface area contributed by atoms with Crippen LogP contribution in [0, 0.1) is 10.8 Å². The van der Waals surface area contributed by atoms with Crippen molar-refractivity contribution in [3.05, 3.63) is 30.6 Å². The summed E-state index contributed by atoms with van der Waals surface area (Å²) in [6, 6.07) is 6.70. The molecule has 0 aliphatic heterocycles. The summed E-state index contributed by atoms with van der Waals surface area (Å²) in [6.07, 6.45) is 3.84. The molecule has 2 aromatic rings. The lowest BCUT2D eigenvalue weighted by Crippen LogP contribution is -2.12. The molecule has 0 spiro atoms. The first-order chi connectivity index (χ1) is 7.94. The van der Waals surface area contributed by atoms with E-state index in [4.69, 9.17) is 0 Å². The van der Waals surface area contributed by atoms with Gasteiger partial charge in [0.25, 0.3) is 0 Å². The molecular weight excluding hydrogens is 210 g/mol. The van der Waals surface area contributed by atoms with Crippen LogP contribution in [-0.2, 0) is 0 Å². The van der Waals surface area contributed by atoms with Gasteiger partial charge in [-0.1, -0.05) is 33.8 Å². The topological polar surface area (TPSA) is 29.3 Å². The predicted molar refractivity (Wildman–Crippen MR) is 70.2 cm³/mol. The average Bonchev–Trinajstić information content (AvgIpc) is 2.68. The average molecular weight is 229 g/mol. The van der Waals surface area contributed by atoms with E-state index in [1.54, 1.807) is 0 Å². The third-order valence-corrected chi connectivity index (χ3v) is 4.74. The maximum absolute atomic E-state index is 4.30. The highest BCUT2D eigenvalue weighted by molar-refractivity contribution is 5.52. The van der Waals surface area contributed by atoms with E-state index in [0.717, 1.165) is 11.5 Å². The second-order valence-electron chi connectivity index (χ2n) is 6.09. The monoisotopic (exact) mass is 229 g/mol. The molecule has 17 heavy (non-hydrogen) atoms. The lowest BCUT2D eigenvalue weighted by atomic mass is 10.0. The van der Waals surface area contributed by atoms with E-state index in [-0.39, 0.29) is 0 Å². The van der Waals surface area contributed by atoms with Crippen LogP contribution in [0.1, 0.15) is 27.7 Å². The first kappa shape index (κ1) is 10.6. The van der Waals surface area contributed by atoms with E-state index in [1.165, 1.54) is 0 Å². The minimum Gasteiger partial charge on any atom is -0.367 e. The fourth-order valence-corrected chi connectivity index (χ4v) is 2.77. The van der Waals surface area contributed by atoms with Crippen molar-refractivity contribution in [3.63, 3.8) is 0 Å². The quantitative estimate of drug-likeness (QED) is 0.857. The number of aromatic nitrogens is 2. The summed E-state index contributed by atoms with van der Waals surface area (Å²) < 4.78 is 2.10. The van der Waals surface area contributed by atoms with Crippen LogP contribution in [0.4, 0.5) is 5.82 Å². The van der Waals surface area contributed by atoms with Gasteiger partial charge in [0.15, 0.2) is 0 Å². The van der Waals surface area contributed by atoms with E-state index in [2.05, 4.69) is 48.5 Å². The van der Waals surface area contributed by atoms with E-state index in [1.807, 2.05) is 24.5 Å². The molecule has 2 aromatic heterocycles. The molecule has 1 aliphatic rings. The van der Waals surface area contributed by atoms with Gasteiger partial charge in [-0.2, -0.15) is 0 Å². The van der Waals surface area contributed by atoms with Gasteiger partial charge in [-0.25, -0.2) is 4.98 Å². The van der Waals surface area contributed by atoms with Gasteiger partial charge in [0.1, 0.15) is 11.5 Å². The molecule has 0 radical (unpaired) electrons. The zero-order valence-corrected chi connectivity index (χ0v) is 10.9. The Labute approximate surface area is 102 Å². The molecule has 0 saturated heterocycles. The second-order valence-corrected chi connectivity index (χ2v) is 6.09. The highest BCUT2D eigenvalue weighted by Crippen LogP contribution is 2.63. The van der Waals surface area contributed by atoms with Gasteiger partial charge in [0, 0.05) is 18.4 Å². The summed E-state index contributed by atoms with van der Waals surface area (Å²) >= 11 is 0. The maximum Gasteiger partial charge on any atom is 0.138 e. The molecule has 1 N–H and O–H groups in total. The van der Waals surface area contributed by atoms with Gasteiger partial charge in [-0.15, -0.1) is 0 Å². The van der Waals surface area contributed by atoms with Crippen LogP contribution >= 0.6 is 0 Å². The van der Waals surface area contributed by atoms with Crippen LogP contribution in [0.5, 0.6) is 0 Å². The van der Waals surface area contributed by atoms with Crippen molar-refractivity contribution in [3.8, 4) is 0 Å². The van der Waals surface area contributed by atoms with Crippen molar-refractivity contribution in [1.29, 1.82) is 0 Å². The predicted octanol–water partition coefficient (Wildman–Crippen LogP) is 3.18. The number of rotatable bonds is 2. The third-order valence-electron chi connectivity index (χ3n) is 4.74. The minimum absolute atomic E-state index is 0.343. The fourth-order valence-electron chi connectivity index (χ4n) is 2.77. The molecule has 0 atom stereocenters. The van der Waals surface area contributed by atoms with Crippen LogP contribution in [-0.4, -0.2) is 15.4 Å². The Bertz CT molecular complexity index is 552. The SMILES string of the molecule is CC1(C)C(Nc2cccc3nccn23)C1(C)C. The lowest BCUT2D eigenvalue weighted by molar-refractivity contribution is 0.457. The van der Waals surface area contributed by atoms with Crippen molar-refractivity contribution in [2.24, 2.45) is 10.8 Å². The largest absolute Gasteiger partial charge is 0.367 e. The number of fused-ring (bicyclic) bond motifs is 1. The van der Waals surface area contributed by atoms with Gasteiger partial charge >= 0.3 is 0 Å². The molecule has 2 heterocycles. The number of imidazole rings is 1. The Morgan fingerprint density at radius 3 is 2.53 bits per heavy atom. The highest BCUT2D eigenvalue weighted by Gasteiger charge is 2.65. The summed E-state index contributed by atoms with van der Waals surface area (Å²) in [5.74, 6) is 1.13. The first-order valence-electron chi connectivity index (χ1n) is 6.13. The fraction of sp³-hybridized carbons (Fsp3) is 0.500. The van der Waals surface area contributed by atoms with Crippen molar-refractivity contribution < 1.29 is 0 Å². The minimum atomic E-state index is 0.343. The molecule has 3 rings (SSSR count). The second kappa shape index (κ2) is 3.03. The van der Waals surface area contributed by atoms with E-state index < -0.39 is 0 Å².